The SMILES string of the molecule is CS(=O)(=O)Oc1ccc(C(=CCSc2ccc(OCC(=O)O)cc2)c2ccc(OS(C)(=O)=O)cc2)cc1. The van der Waals surface area contributed by atoms with E-state index in [4.69, 9.17) is 18.2 Å². The Kier molecular flexibility index (Phi) is 9.24. The van der Waals surface area contributed by atoms with Crippen LogP contribution in [0.25, 0.3) is 5.57 Å². The molecule has 0 saturated heterocycles. The van der Waals surface area contributed by atoms with Crippen molar-refractivity contribution in [1.29, 1.82) is 0 Å². The van der Waals surface area contributed by atoms with E-state index in [1.165, 1.54) is 11.8 Å². The maximum absolute atomic E-state index is 11.4. The Balaban J connectivity index is 1.82. The summed E-state index contributed by atoms with van der Waals surface area (Å²) in [4.78, 5) is 11.6. The molecule has 196 valence electrons. The standard InChI is InChI=1S/C25H24O9S3/c1-36(28,29)33-21-7-3-18(4-8-21)24(19-5-9-22(10-6-19)34-37(2,30)31)15-16-35-23-13-11-20(12-14-23)32-17-25(26)27/h3-15H,16-17H2,1-2H3,(H,26,27). The van der Waals surface area contributed by atoms with E-state index in [0.29, 0.717) is 11.5 Å². The first-order valence-corrected chi connectivity index (χ1v) is 15.3. The second-order valence-corrected chi connectivity index (χ2v) is 11.9. The molecular formula is C25H24O9S3. The molecule has 0 aliphatic heterocycles. The number of ether oxygens (including phenoxy) is 1. The molecule has 0 radical (unpaired) electrons. The van der Waals surface area contributed by atoms with Gasteiger partial charge in [0, 0.05) is 10.6 Å². The lowest BCUT2D eigenvalue weighted by Gasteiger charge is -2.11. The summed E-state index contributed by atoms with van der Waals surface area (Å²) in [5.74, 6) is 0.330. The highest BCUT2D eigenvalue weighted by atomic mass is 32.2. The minimum Gasteiger partial charge on any atom is -0.482 e. The third-order valence-electron chi connectivity index (χ3n) is 4.55. The predicted molar refractivity (Wildman–Crippen MR) is 141 cm³/mol. The highest BCUT2D eigenvalue weighted by Gasteiger charge is 2.10. The molecule has 9 nitrogen and oxygen atoms in total. The Morgan fingerprint density at radius 2 is 1.19 bits per heavy atom. The van der Waals surface area contributed by atoms with Crippen LogP contribution in [-0.4, -0.2) is 52.8 Å². The van der Waals surface area contributed by atoms with Gasteiger partial charge in [0.1, 0.15) is 17.2 Å². The molecule has 0 unspecified atom stereocenters. The van der Waals surface area contributed by atoms with Crippen molar-refractivity contribution in [2.75, 3.05) is 24.9 Å². The molecule has 12 heteroatoms. The predicted octanol–water partition coefficient (Wildman–Crippen LogP) is 4.05. The summed E-state index contributed by atoms with van der Waals surface area (Å²) in [6, 6.07) is 20.1. The van der Waals surface area contributed by atoms with E-state index in [9.17, 15) is 21.6 Å². The van der Waals surface area contributed by atoms with E-state index < -0.39 is 32.8 Å². The van der Waals surface area contributed by atoms with Crippen molar-refractivity contribution in [2.45, 2.75) is 4.90 Å². The summed E-state index contributed by atoms with van der Waals surface area (Å²) in [7, 11) is -7.31. The zero-order valence-electron chi connectivity index (χ0n) is 19.9. The van der Waals surface area contributed by atoms with Gasteiger partial charge < -0.3 is 18.2 Å². The molecule has 0 heterocycles. The summed E-state index contributed by atoms with van der Waals surface area (Å²) in [6.45, 7) is -0.416. The van der Waals surface area contributed by atoms with Gasteiger partial charge in [0.25, 0.3) is 0 Å². The topological polar surface area (TPSA) is 133 Å². The molecule has 0 saturated carbocycles. The lowest BCUT2D eigenvalue weighted by Crippen LogP contribution is -2.09. The summed E-state index contributed by atoms with van der Waals surface area (Å²) < 4.78 is 60.6. The molecule has 0 aliphatic carbocycles. The van der Waals surface area contributed by atoms with Gasteiger partial charge in [-0.15, -0.1) is 11.8 Å². The first-order chi connectivity index (χ1) is 17.4. The van der Waals surface area contributed by atoms with Gasteiger partial charge in [-0.2, -0.15) is 16.8 Å². The van der Waals surface area contributed by atoms with Crippen LogP contribution in [0.15, 0.2) is 83.8 Å². The molecule has 3 aromatic rings. The largest absolute Gasteiger partial charge is 0.482 e. The first-order valence-electron chi connectivity index (χ1n) is 10.7. The average Bonchev–Trinajstić information content (AvgIpc) is 2.81. The fourth-order valence-corrected chi connectivity index (χ4v) is 4.82. The van der Waals surface area contributed by atoms with E-state index in [-0.39, 0.29) is 11.5 Å². The Morgan fingerprint density at radius 3 is 1.59 bits per heavy atom. The van der Waals surface area contributed by atoms with E-state index >= 15 is 0 Å². The molecule has 0 spiro atoms. The Bertz CT molecular complexity index is 1380. The van der Waals surface area contributed by atoms with Crippen LogP contribution >= 0.6 is 11.8 Å². The van der Waals surface area contributed by atoms with Crippen LogP contribution in [0.4, 0.5) is 0 Å². The number of carbonyl (C=O) groups is 1. The number of benzene rings is 3. The highest BCUT2D eigenvalue weighted by molar-refractivity contribution is 7.99. The van der Waals surface area contributed by atoms with Crippen molar-refractivity contribution < 1.29 is 39.8 Å². The maximum atomic E-state index is 11.4. The minimum atomic E-state index is -3.66. The van der Waals surface area contributed by atoms with Gasteiger partial charge in [-0.25, -0.2) is 4.79 Å². The molecule has 3 rings (SSSR count). The molecule has 3 aromatic carbocycles. The molecule has 0 fully saturated rings. The molecule has 0 aromatic heterocycles. The number of hydrogen-bond donors (Lipinski definition) is 1. The summed E-state index contributed by atoms with van der Waals surface area (Å²) >= 11 is 1.54. The molecule has 0 atom stereocenters. The van der Waals surface area contributed by atoms with Gasteiger partial charge in [0.05, 0.1) is 12.5 Å². The summed E-state index contributed by atoms with van der Waals surface area (Å²) in [5, 5.41) is 8.71. The van der Waals surface area contributed by atoms with Crippen molar-refractivity contribution in [2.24, 2.45) is 0 Å². The number of carboxylic acid groups (broad SMARTS) is 1. The van der Waals surface area contributed by atoms with Gasteiger partial charge in [-0.1, -0.05) is 30.3 Å². The van der Waals surface area contributed by atoms with E-state index in [1.807, 2.05) is 18.2 Å². The van der Waals surface area contributed by atoms with Crippen molar-refractivity contribution in [3.05, 3.63) is 90.0 Å². The van der Waals surface area contributed by atoms with Gasteiger partial charge >= 0.3 is 26.2 Å². The van der Waals surface area contributed by atoms with Crippen LogP contribution in [0.3, 0.4) is 0 Å². The maximum Gasteiger partial charge on any atom is 0.341 e. The number of rotatable bonds is 12. The Morgan fingerprint density at radius 1 is 0.757 bits per heavy atom. The minimum absolute atomic E-state index is 0.182. The van der Waals surface area contributed by atoms with Crippen molar-refractivity contribution in [3.8, 4) is 17.2 Å². The lowest BCUT2D eigenvalue weighted by molar-refractivity contribution is -0.139. The van der Waals surface area contributed by atoms with Crippen molar-refractivity contribution in [1.82, 2.24) is 0 Å². The van der Waals surface area contributed by atoms with Gasteiger partial charge in [0.2, 0.25) is 0 Å². The van der Waals surface area contributed by atoms with Gasteiger partial charge in [0.15, 0.2) is 6.61 Å². The normalized spacial score (nSPS) is 11.4. The molecule has 0 bridgehead atoms. The summed E-state index contributed by atoms with van der Waals surface area (Å²) in [6.07, 6.45) is 3.92. The monoisotopic (exact) mass is 564 g/mol. The average molecular weight is 565 g/mol. The first kappa shape index (κ1) is 28.1. The Labute approximate surface area is 219 Å². The van der Waals surface area contributed by atoms with Crippen LogP contribution in [0.1, 0.15) is 11.1 Å². The van der Waals surface area contributed by atoms with Crippen LogP contribution < -0.4 is 13.1 Å². The highest BCUT2D eigenvalue weighted by Crippen LogP contribution is 2.29. The second-order valence-electron chi connectivity index (χ2n) is 7.71. The van der Waals surface area contributed by atoms with Crippen LogP contribution in [0.5, 0.6) is 17.2 Å². The van der Waals surface area contributed by atoms with E-state index in [1.54, 1.807) is 60.7 Å². The lowest BCUT2D eigenvalue weighted by atomic mass is 9.97. The van der Waals surface area contributed by atoms with Crippen LogP contribution in [0.2, 0.25) is 0 Å². The fraction of sp³-hybridized carbons (Fsp3) is 0.160. The van der Waals surface area contributed by atoms with E-state index in [0.717, 1.165) is 34.1 Å². The zero-order valence-corrected chi connectivity index (χ0v) is 22.3. The summed E-state index contributed by atoms with van der Waals surface area (Å²) in [5.41, 5.74) is 2.40. The molecule has 37 heavy (non-hydrogen) atoms. The van der Waals surface area contributed by atoms with Crippen LogP contribution in [0, 0.1) is 0 Å². The fourth-order valence-electron chi connectivity index (χ4n) is 3.13. The molecule has 0 amide bonds. The van der Waals surface area contributed by atoms with E-state index in [2.05, 4.69) is 0 Å². The van der Waals surface area contributed by atoms with Crippen molar-refractivity contribution in [3.63, 3.8) is 0 Å². The third-order valence-corrected chi connectivity index (χ3v) is 6.48. The smallest absolute Gasteiger partial charge is 0.341 e. The quantitative estimate of drug-likeness (QED) is 0.254. The molecular weight excluding hydrogens is 540 g/mol. The number of carboxylic acids is 1. The number of thioether (sulfide) groups is 1. The molecule has 0 aliphatic rings. The number of aliphatic carboxylic acids is 1. The van der Waals surface area contributed by atoms with Crippen molar-refractivity contribution >= 4 is 43.5 Å². The van der Waals surface area contributed by atoms with Crippen LogP contribution in [-0.2, 0) is 25.0 Å². The van der Waals surface area contributed by atoms with Gasteiger partial charge in [-0.3, -0.25) is 0 Å². The Hall–Kier alpha value is -3.48. The second kappa shape index (κ2) is 12.2. The third kappa shape index (κ3) is 9.83. The molecule has 1 N–H and O–H groups in total. The van der Waals surface area contributed by atoms with Gasteiger partial charge in [-0.05, 0) is 65.2 Å². The zero-order chi connectivity index (χ0) is 27.1. The number of hydrogen-bond acceptors (Lipinski definition) is 9.